The van der Waals surface area contributed by atoms with Crippen molar-refractivity contribution >= 4 is 39.8 Å². The van der Waals surface area contributed by atoms with E-state index in [0.29, 0.717) is 27.7 Å². The number of benzene rings is 2. The lowest BCUT2D eigenvalue weighted by Crippen LogP contribution is -2.06. The molecule has 1 aromatic heterocycles. The third-order valence-electron chi connectivity index (χ3n) is 3.82. The van der Waals surface area contributed by atoms with Gasteiger partial charge in [-0.2, -0.15) is 0 Å². The van der Waals surface area contributed by atoms with Crippen LogP contribution in [0.25, 0.3) is 10.9 Å². The van der Waals surface area contributed by atoms with Gasteiger partial charge in [-0.25, -0.2) is 9.78 Å². The van der Waals surface area contributed by atoms with Gasteiger partial charge >= 0.3 is 5.97 Å². The zero-order valence-corrected chi connectivity index (χ0v) is 14.0. The zero-order valence-electron chi connectivity index (χ0n) is 13.2. The minimum atomic E-state index is -0.509. The Morgan fingerprint density at radius 2 is 2.00 bits per heavy atom. The summed E-state index contributed by atoms with van der Waals surface area (Å²) in [5, 5.41) is 4.65. The van der Waals surface area contributed by atoms with E-state index in [9.17, 15) is 4.79 Å². The summed E-state index contributed by atoms with van der Waals surface area (Å²) >= 11 is 6.12. The minimum absolute atomic E-state index is 0.207. The Kier molecular flexibility index (Phi) is 3.82. The summed E-state index contributed by atoms with van der Waals surface area (Å²) in [6, 6.07) is 12.4. The molecule has 2 aromatic carbocycles. The molecule has 6 nitrogen and oxygen atoms in total. The summed E-state index contributed by atoms with van der Waals surface area (Å²) in [6.45, 7) is 0.207. The summed E-state index contributed by atoms with van der Waals surface area (Å²) in [6.07, 6.45) is 0. The summed E-state index contributed by atoms with van der Waals surface area (Å²) in [5.41, 5.74) is 2.32. The Labute approximate surface area is 148 Å². The smallest absolute Gasteiger partial charge is 0.356 e. The number of methoxy groups -OCH3 is 1. The van der Waals surface area contributed by atoms with E-state index >= 15 is 0 Å². The summed E-state index contributed by atoms with van der Waals surface area (Å²) < 4.78 is 15.5. The first-order chi connectivity index (χ1) is 12.1. The number of hydrogen-bond donors (Lipinski definition) is 1. The number of anilines is 2. The van der Waals surface area contributed by atoms with E-state index in [0.717, 1.165) is 11.1 Å². The van der Waals surface area contributed by atoms with Gasteiger partial charge in [0.15, 0.2) is 17.2 Å². The van der Waals surface area contributed by atoms with Crippen molar-refractivity contribution < 1.29 is 19.0 Å². The Bertz CT molecular complexity index is 990. The average Bonchev–Trinajstić information content (AvgIpc) is 3.09. The maximum absolute atomic E-state index is 11.9. The normalized spacial score (nSPS) is 12.2. The van der Waals surface area contributed by atoms with Gasteiger partial charge in [-0.1, -0.05) is 11.6 Å². The van der Waals surface area contributed by atoms with Crippen LogP contribution in [0.15, 0.2) is 42.5 Å². The number of pyridine rings is 1. The number of rotatable bonds is 3. The first-order valence-corrected chi connectivity index (χ1v) is 7.87. The van der Waals surface area contributed by atoms with Crippen molar-refractivity contribution in [1.82, 2.24) is 4.98 Å². The number of aromatic nitrogens is 1. The van der Waals surface area contributed by atoms with Gasteiger partial charge in [-0.05, 0) is 36.4 Å². The molecule has 1 N–H and O–H groups in total. The molecule has 0 bridgehead atoms. The van der Waals surface area contributed by atoms with Crippen LogP contribution in [0.5, 0.6) is 11.5 Å². The van der Waals surface area contributed by atoms with Crippen LogP contribution in [0.3, 0.4) is 0 Å². The first kappa shape index (κ1) is 15.5. The number of esters is 1. The molecular weight excluding hydrogens is 344 g/mol. The largest absolute Gasteiger partial charge is 0.464 e. The van der Waals surface area contributed by atoms with Crippen molar-refractivity contribution in [3.8, 4) is 11.5 Å². The molecule has 3 aromatic rings. The predicted molar refractivity (Wildman–Crippen MR) is 93.9 cm³/mol. The van der Waals surface area contributed by atoms with E-state index in [-0.39, 0.29) is 12.5 Å². The van der Waals surface area contributed by atoms with Crippen molar-refractivity contribution in [2.45, 2.75) is 0 Å². The lowest BCUT2D eigenvalue weighted by atomic mass is 10.1. The molecule has 0 amide bonds. The molecule has 7 heteroatoms. The van der Waals surface area contributed by atoms with Crippen LogP contribution in [-0.2, 0) is 4.74 Å². The van der Waals surface area contributed by atoms with E-state index < -0.39 is 5.97 Å². The van der Waals surface area contributed by atoms with Crippen molar-refractivity contribution in [3.05, 3.63) is 53.2 Å². The third-order valence-corrected chi connectivity index (χ3v) is 4.05. The average molecular weight is 357 g/mol. The van der Waals surface area contributed by atoms with Crippen LogP contribution in [-0.4, -0.2) is 24.9 Å². The number of hydrogen-bond acceptors (Lipinski definition) is 6. The van der Waals surface area contributed by atoms with Crippen LogP contribution in [0.4, 0.5) is 11.4 Å². The summed E-state index contributed by atoms with van der Waals surface area (Å²) in [7, 11) is 1.32. The van der Waals surface area contributed by atoms with Gasteiger partial charge in [0.25, 0.3) is 0 Å². The highest BCUT2D eigenvalue weighted by molar-refractivity contribution is 6.31. The number of ether oxygens (including phenoxy) is 3. The van der Waals surface area contributed by atoms with Crippen LogP contribution < -0.4 is 14.8 Å². The second-order valence-corrected chi connectivity index (χ2v) is 5.84. The fourth-order valence-electron chi connectivity index (χ4n) is 2.64. The molecule has 25 heavy (non-hydrogen) atoms. The van der Waals surface area contributed by atoms with Crippen molar-refractivity contribution in [3.63, 3.8) is 0 Å². The Morgan fingerprint density at radius 1 is 1.16 bits per heavy atom. The zero-order chi connectivity index (χ0) is 17.4. The summed E-state index contributed by atoms with van der Waals surface area (Å²) in [4.78, 5) is 16.2. The lowest BCUT2D eigenvalue weighted by Gasteiger charge is -2.12. The highest BCUT2D eigenvalue weighted by Crippen LogP contribution is 2.36. The molecule has 4 rings (SSSR count). The van der Waals surface area contributed by atoms with E-state index in [2.05, 4.69) is 10.3 Å². The molecule has 1 aliphatic rings. The molecule has 126 valence electrons. The fourth-order valence-corrected chi connectivity index (χ4v) is 2.81. The van der Waals surface area contributed by atoms with Crippen LogP contribution in [0.2, 0.25) is 5.02 Å². The number of nitrogens with one attached hydrogen (secondary N) is 1. The molecule has 0 saturated carbocycles. The maximum atomic E-state index is 11.9. The van der Waals surface area contributed by atoms with Crippen LogP contribution in [0.1, 0.15) is 10.5 Å². The quantitative estimate of drug-likeness (QED) is 0.711. The predicted octanol–water partition coefficient (Wildman–Crippen LogP) is 4.15. The highest BCUT2D eigenvalue weighted by Gasteiger charge is 2.16. The number of nitrogens with zero attached hydrogens (tertiary/aromatic N) is 1. The molecule has 0 fully saturated rings. The number of carbonyl (C=O) groups excluding carboxylic acids is 1. The Balaban J connectivity index is 1.81. The summed E-state index contributed by atoms with van der Waals surface area (Å²) in [5.74, 6) is 0.851. The molecule has 0 atom stereocenters. The lowest BCUT2D eigenvalue weighted by molar-refractivity contribution is 0.0594. The number of halogens is 1. The van der Waals surface area contributed by atoms with Gasteiger partial charge < -0.3 is 19.5 Å². The van der Waals surface area contributed by atoms with Crippen molar-refractivity contribution in [1.29, 1.82) is 0 Å². The van der Waals surface area contributed by atoms with Gasteiger partial charge in [0.1, 0.15) is 0 Å². The van der Waals surface area contributed by atoms with E-state index in [1.165, 1.54) is 7.11 Å². The monoisotopic (exact) mass is 356 g/mol. The minimum Gasteiger partial charge on any atom is -0.464 e. The number of fused-ring (bicyclic) bond motifs is 2. The second-order valence-electron chi connectivity index (χ2n) is 5.40. The second kappa shape index (κ2) is 6.14. The SMILES string of the molecule is COC(=O)c1cc(Nc2ccc3c(c2)OCO3)c2cc(Cl)ccc2n1. The van der Waals surface area contributed by atoms with Crippen molar-refractivity contribution in [2.24, 2.45) is 0 Å². The molecule has 0 aliphatic carbocycles. The fraction of sp³-hybridized carbons (Fsp3) is 0.111. The van der Waals surface area contributed by atoms with Gasteiger partial charge in [0.2, 0.25) is 6.79 Å². The Hall–Kier alpha value is -2.99. The van der Waals surface area contributed by atoms with E-state index in [1.807, 2.05) is 18.2 Å². The molecule has 0 saturated heterocycles. The van der Waals surface area contributed by atoms with Gasteiger partial charge in [0, 0.05) is 22.2 Å². The first-order valence-electron chi connectivity index (χ1n) is 7.49. The molecule has 1 aliphatic heterocycles. The molecular formula is C18H13ClN2O4. The maximum Gasteiger partial charge on any atom is 0.356 e. The standard InChI is InChI=1S/C18H13ClN2O4/c1-23-18(22)15-8-14(12-6-10(19)2-4-13(12)21-15)20-11-3-5-16-17(7-11)25-9-24-16/h2-8H,9H2,1H3,(H,20,21). The van der Waals surface area contributed by atoms with E-state index in [1.54, 1.807) is 24.3 Å². The topological polar surface area (TPSA) is 69.7 Å². The van der Waals surface area contributed by atoms with E-state index in [4.69, 9.17) is 25.8 Å². The highest BCUT2D eigenvalue weighted by atomic mass is 35.5. The van der Waals surface area contributed by atoms with Gasteiger partial charge in [-0.15, -0.1) is 0 Å². The van der Waals surface area contributed by atoms with Crippen molar-refractivity contribution in [2.75, 3.05) is 19.2 Å². The van der Waals surface area contributed by atoms with Crippen LogP contribution >= 0.6 is 11.6 Å². The van der Waals surface area contributed by atoms with Gasteiger partial charge in [0.05, 0.1) is 18.3 Å². The molecule has 0 unspecified atom stereocenters. The Morgan fingerprint density at radius 3 is 2.84 bits per heavy atom. The third kappa shape index (κ3) is 2.92. The van der Waals surface area contributed by atoms with Gasteiger partial charge in [-0.3, -0.25) is 0 Å². The number of carbonyl (C=O) groups is 1. The molecule has 2 heterocycles. The molecule has 0 spiro atoms. The van der Waals surface area contributed by atoms with Crippen LogP contribution in [0, 0.1) is 0 Å². The molecule has 0 radical (unpaired) electrons.